The molecule has 2 aliphatic rings. The van der Waals surface area contributed by atoms with Crippen molar-refractivity contribution in [2.75, 3.05) is 6.61 Å². The van der Waals surface area contributed by atoms with Gasteiger partial charge < -0.3 is 9.30 Å². The van der Waals surface area contributed by atoms with E-state index in [4.69, 9.17) is 21.6 Å². The van der Waals surface area contributed by atoms with Crippen LogP contribution in [0.3, 0.4) is 0 Å². The van der Waals surface area contributed by atoms with Gasteiger partial charge in [0.15, 0.2) is 11.5 Å². The first kappa shape index (κ1) is 20.7. The lowest BCUT2D eigenvalue weighted by molar-refractivity contribution is 0.114. The maximum absolute atomic E-state index is 12.3. The molecule has 2 aromatic carbocycles. The third-order valence-corrected chi connectivity index (χ3v) is 5.32. The van der Waals surface area contributed by atoms with E-state index in [1.165, 1.54) is 0 Å². The summed E-state index contributed by atoms with van der Waals surface area (Å²) in [5.74, 6) is 0.201. The second kappa shape index (κ2) is 8.68. The van der Waals surface area contributed by atoms with Crippen LogP contribution in [0.2, 0.25) is 5.02 Å². The van der Waals surface area contributed by atoms with Crippen LogP contribution in [0.5, 0.6) is 0 Å². The number of halogens is 1. The molecule has 2 heterocycles. The van der Waals surface area contributed by atoms with Gasteiger partial charge in [-0.05, 0) is 41.8 Å². The number of aromatic nitrogens is 4. The summed E-state index contributed by atoms with van der Waals surface area (Å²) in [6.45, 7) is 3.02. The summed E-state index contributed by atoms with van der Waals surface area (Å²) in [5, 5.41) is 9.45. The highest BCUT2D eigenvalue weighted by Crippen LogP contribution is 2.27. The predicted molar refractivity (Wildman–Crippen MR) is 116 cm³/mol. The Labute approximate surface area is 182 Å². The van der Waals surface area contributed by atoms with Crippen LogP contribution >= 0.6 is 11.6 Å². The second-order valence-electron chi connectivity index (χ2n) is 6.95. The van der Waals surface area contributed by atoms with E-state index in [1.807, 2.05) is 25.1 Å². The molecule has 0 aromatic heterocycles. The van der Waals surface area contributed by atoms with Gasteiger partial charge in [-0.2, -0.15) is 10.2 Å². The van der Waals surface area contributed by atoms with Crippen LogP contribution < -0.4 is 11.2 Å². The molecule has 8 nitrogen and oxygen atoms in total. The van der Waals surface area contributed by atoms with Gasteiger partial charge in [0.1, 0.15) is 0 Å². The zero-order valence-corrected chi connectivity index (χ0v) is 17.4. The minimum absolute atomic E-state index is 0.0690. The Balaban J connectivity index is 1.68. The molecule has 0 amide bonds. The third-order valence-electron chi connectivity index (χ3n) is 4.97. The van der Waals surface area contributed by atoms with Gasteiger partial charge in [0.05, 0.1) is 35.9 Å². The van der Waals surface area contributed by atoms with E-state index < -0.39 is 11.2 Å². The molecule has 0 radical (unpaired) electrons. The molecule has 4 rings (SSSR count). The molecule has 2 aliphatic heterocycles. The van der Waals surface area contributed by atoms with Crippen molar-refractivity contribution in [3.8, 4) is 17.6 Å². The lowest BCUT2D eigenvalue weighted by Gasteiger charge is -2.18. The zero-order chi connectivity index (χ0) is 22.0. The first-order valence-electron chi connectivity index (χ1n) is 9.70. The number of rotatable bonds is 6. The number of aromatic amines is 1. The van der Waals surface area contributed by atoms with Crippen molar-refractivity contribution in [3.63, 3.8) is 0 Å². The Bertz CT molecular complexity index is 1390. The summed E-state index contributed by atoms with van der Waals surface area (Å²) in [6, 6.07) is 12.8. The molecule has 0 fully saturated rings. The number of fused-ring (bicyclic) bond motifs is 2. The summed E-state index contributed by atoms with van der Waals surface area (Å²) < 4.78 is 7.56. The quantitative estimate of drug-likeness (QED) is 0.368. The van der Waals surface area contributed by atoms with Crippen molar-refractivity contribution in [1.82, 2.24) is 19.5 Å². The molecule has 1 N–H and O–H groups in total. The number of ether oxygens (including phenoxy) is 1. The van der Waals surface area contributed by atoms with Crippen LogP contribution in [0.1, 0.15) is 23.6 Å². The van der Waals surface area contributed by atoms with Gasteiger partial charge in [-0.15, -0.1) is 0 Å². The van der Waals surface area contributed by atoms with Crippen LogP contribution in [-0.2, 0) is 24.3 Å². The molecule has 0 bridgehead atoms. The second-order valence-corrected chi connectivity index (χ2v) is 7.36. The molecule has 0 saturated heterocycles. The van der Waals surface area contributed by atoms with E-state index in [1.54, 1.807) is 22.8 Å². The molecule has 0 unspecified atom stereocenters. The first-order chi connectivity index (χ1) is 15.0. The molecule has 0 spiro atoms. The predicted octanol–water partition coefficient (Wildman–Crippen LogP) is 2.89. The lowest BCUT2D eigenvalue weighted by atomic mass is 10.1. The smallest absolute Gasteiger partial charge is 0.349 e. The average Bonchev–Trinajstić information content (AvgIpc) is 2.76. The molecule has 0 saturated carbocycles. The highest BCUT2D eigenvalue weighted by atomic mass is 35.5. The molecule has 0 aliphatic carbocycles. The van der Waals surface area contributed by atoms with Gasteiger partial charge in [0.2, 0.25) is 0 Å². The van der Waals surface area contributed by atoms with Crippen molar-refractivity contribution in [2.24, 2.45) is 0 Å². The van der Waals surface area contributed by atoms with Crippen LogP contribution in [0.25, 0.3) is 22.6 Å². The molecule has 9 heteroatoms. The Morgan fingerprint density at radius 2 is 1.97 bits per heavy atom. The fraction of sp³-hybridized carbons (Fsp3) is 0.227. The fourth-order valence-electron chi connectivity index (χ4n) is 3.38. The summed E-state index contributed by atoms with van der Waals surface area (Å²) in [4.78, 5) is 34.7. The standard InChI is InChI=1S/C22H18ClN5O3/c1-2-15-9-18-17(10-16(15)23)25-19-20(26-22(30)27-21(19)29)28(18)7-8-31-12-14-5-3-13(11-24)4-6-14/h3-6,9-10H,2,7-8,12H2,1H3,(H,27,29,30). The Hall–Kier alpha value is -3.54. The maximum Gasteiger partial charge on any atom is 0.349 e. The van der Waals surface area contributed by atoms with Crippen molar-refractivity contribution in [2.45, 2.75) is 26.5 Å². The third kappa shape index (κ3) is 4.19. The molecular formula is C22H18ClN5O3. The van der Waals surface area contributed by atoms with Crippen molar-refractivity contribution in [1.29, 1.82) is 5.26 Å². The highest BCUT2D eigenvalue weighted by Gasteiger charge is 2.19. The van der Waals surface area contributed by atoms with E-state index in [2.05, 4.69) is 21.0 Å². The maximum atomic E-state index is 12.3. The van der Waals surface area contributed by atoms with E-state index >= 15 is 0 Å². The largest absolute Gasteiger partial charge is 0.375 e. The summed E-state index contributed by atoms with van der Waals surface area (Å²) in [7, 11) is 0. The van der Waals surface area contributed by atoms with Crippen LogP contribution in [0.15, 0.2) is 46.0 Å². The zero-order valence-electron chi connectivity index (χ0n) is 16.7. The van der Waals surface area contributed by atoms with E-state index in [9.17, 15) is 9.59 Å². The topological polar surface area (TPSA) is 114 Å². The Kier molecular flexibility index (Phi) is 5.80. The number of nitrogens with one attached hydrogen (secondary N) is 1. The van der Waals surface area contributed by atoms with Gasteiger partial charge >= 0.3 is 5.69 Å². The van der Waals surface area contributed by atoms with Crippen molar-refractivity contribution in [3.05, 3.63) is 78.9 Å². The number of nitrogens with zero attached hydrogens (tertiary/aromatic N) is 4. The molecular weight excluding hydrogens is 418 g/mol. The first-order valence-corrected chi connectivity index (χ1v) is 10.1. The van der Waals surface area contributed by atoms with E-state index in [-0.39, 0.29) is 11.5 Å². The summed E-state index contributed by atoms with van der Waals surface area (Å²) >= 11 is 6.34. The number of nitriles is 1. The van der Waals surface area contributed by atoms with E-state index in [0.29, 0.717) is 41.4 Å². The molecule has 156 valence electrons. The highest BCUT2D eigenvalue weighted by molar-refractivity contribution is 6.32. The van der Waals surface area contributed by atoms with Gasteiger partial charge in [-0.3, -0.25) is 9.78 Å². The number of H-pyrrole nitrogens is 1. The average molecular weight is 436 g/mol. The fourth-order valence-corrected chi connectivity index (χ4v) is 3.67. The summed E-state index contributed by atoms with van der Waals surface area (Å²) in [5.41, 5.74) is 2.44. The molecule has 0 atom stereocenters. The summed E-state index contributed by atoms with van der Waals surface area (Å²) in [6.07, 6.45) is 0.720. The van der Waals surface area contributed by atoms with Crippen molar-refractivity contribution < 1.29 is 4.74 Å². The van der Waals surface area contributed by atoms with Gasteiger partial charge in [0, 0.05) is 11.6 Å². The van der Waals surface area contributed by atoms with Crippen LogP contribution in [0.4, 0.5) is 0 Å². The monoisotopic (exact) mass is 435 g/mol. The van der Waals surface area contributed by atoms with Gasteiger partial charge in [-0.1, -0.05) is 30.7 Å². The van der Waals surface area contributed by atoms with Crippen LogP contribution in [-0.4, -0.2) is 26.1 Å². The SMILES string of the molecule is CCc1cc2c(cc1Cl)nc1c(=O)[nH]c(=O)nc-1n2CCOCc1ccc(C#N)cc1. The number of hydrogen-bond donors (Lipinski definition) is 1. The number of hydrogen-bond acceptors (Lipinski definition) is 6. The molecule has 31 heavy (non-hydrogen) atoms. The minimum atomic E-state index is -0.726. The van der Waals surface area contributed by atoms with E-state index in [0.717, 1.165) is 17.5 Å². The van der Waals surface area contributed by atoms with Crippen molar-refractivity contribution >= 4 is 22.6 Å². The Morgan fingerprint density at radius 3 is 2.68 bits per heavy atom. The normalized spacial score (nSPS) is 11.1. The molecule has 2 aromatic rings. The number of aryl methyl sites for hydroxylation is 1. The van der Waals surface area contributed by atoms with Crippen LogP contribution in [0, 0.1) is 11.3 Å². The Morgan fingerprint density at radius 1 is 1.19 bits per heavy atom. The lowest BCUT2D eigenvalue weighted by Crippen LogP contribution is -2.29. The van der Waals surface area contributed by atoms with Gasteiger partial charge in [0.25, 0.3) is 5.56 Å². The van der Waals surface area contributed by atoms with Gasteiger partial charge in [-0.25, -0.2) is 9.78 Å². The minimum Gasteiger partial charge on any atom is -0.375 e. The number of benzene rings is 2.